The first kappa shape index (κ1) is 13.5. The Balaban J connectivity index is 1.82. The van der Waals surface area contributed by atoms with E-state index in [1.165, 1.54) is 6.42 Å². The molecule has 4 heterocycles. The summed E-state index contributed by atoms with van der Waals surface area (Å²) >= 11 is 0. The first-order valence-corrected chi connectivity index (χ1v) is 7.84. The smallest absolute Gasteiger partial charge is 0.201 e. The molecule has 0 aromatic heterocycles. The minimum atomic E-state index is -0.781. The molecule has 1 spiro atoms. The molecule has 8 atom stereocenters. The molecule has 5 fully saturated rings. The van der Waals surface area contributed by atoms with Gasteiger partial charge in [-0.3, -0.25) is 0 Å². The lowest BCUT2D eigenvalue weighted by Crippen LogP contribution is -2.70. The number of hydrogen-bond donors (Lipinski definition) is 1. The van der Waals surface area contributed by atoms with Crippen LogP contribution in [0.5, 0.6) is 0 Å². The van der Waals surface area contributed by atoms with Gasteiger partial charge in [0.05, 0.1) is 0 Å². The van der Waals surface area contributed by atoms with E-state index in [2.05, 4.69) is 6.92 Å². The van der Waals surface area contributed by atoms with Gasteiger partial charge in [0.2, 0.25) is 5.79 Å². The monoisotopic (exact) mass is 284 g/mol. The van der Waals surface area contributed by atoms with Crippen molar-refractivity contribution in [3.8, 4) is 0 Å². The lowest BCUT2D eigenvalue weighted by Gasteiger charge is -2.59. The highest BCUT2D eigenvalue weighted by atomic mass is 17.3. The van der Waals surface area contributed by atoms with Crippen molar-refractivity contribution in [2.45, 2.75) is 70.4 Å². The fourth-order valence-electron chi connectivity index (χ4n) is 4.89. The lowest BCUT2D eigenvalue weighted by atomic mass is 9.58. The molecular formula is C15H24O5. The highest BCUT2D eigenvalue weighted by molar-refractivity contribution is 5.08. The fourth-order valence-corrected chi connectivity index (χ4v) is 4.89. The van der Waals surface area contributed by atoms with Gasteiger partial charge < -0.3 is 14.6 Å². The first-order chi connectivity index (χ1) is 9.46. The predicted octanol–water partition coefficient (Wildman–Crippen LogP) is 2.19. The third-order valence-corrected chi connectivity index (χ3v) is 6.12. The molecule has 5 heteroatoms. The molecule has 4 saturated heterocycles. The van der Waals surface area contributed by atoms with Crippen LogP contribution in [-0.4, -0.2) is 29.1 Å². The van der Waals surface area contributed by atoms with Gasteiger partial charge in [0.1, 0.15) is 0 Å². The second-order valence-corrected chi connectivity index (χ2v) is 7.30. The minimum Gasteiger partial charge on any atom is -0.368 e. The second-order valence-electron chi connectivity index (χ2n) is 7.30. The third kappa shape index (κ3) is 1.56. The van der Waals surface area contributed by atoms with Crippen molar-refractivity contribution in [3.63, 3.8) is 0 Å². The molecule has 2 bridgehead atoms. The largest absolute Gasteiger partial charge is 0.368 e. The summed E-state index contributed by atoms with van der Waals surface area (Å²) < 4.78 is 11.9. The van der Waals surface area contributed by atoms with Crippen LogP contribution in [0.15, 0.2) is 0 Å². The van der Waals surface area contributed by atoms with Crippen LogP contribution in [-0.2, 0) is 19.2 Å². The SMILES string of the molecule is C[C@@H]1[C@H](O)O[C@H]2O[C@]3(C)CC[C@@H]4[C@H](C)CC[C@@H]1[C@@]24OO3. The number of aliphatic hydroxyl groups excluding tert-OH is 1. The summed E-state index contributed by atoms with van der Waals surface area (Å²) in [4.78, 5) is 11.6. The Hall–Kier alpha value is -0.200. The standard InChI is InChI=1S/C15H24O5/c1-8-4-5-11-9(2)12(16)17-13-15(11)10(8)6-7-14(3,18-13)19-20-15/h8-13,16H,4-7H2,1-3H3/t8-,9+,10-,11+,12-,13+,14+,15-/m1/s1. The highest BCUT2D eigenvalue weighted by Crippen LogP contribution is 2.60. The zero-order valence-corrected chi connectivity index (χ0v) is 12.4. The van der Waals surface area contributed by atoms with Crippen LogP contribution in [0.25, 0.3) is 0 Å². The fraction of sp³-hybridized carbons (Fsp3) is 1.00. The maximum Gasteiger partial charge on any atom is 0.201 e. The van der Waals surface area contributed by atoms with Crippen LogP contribution in [0.4, 0.5) is 0 Å². The van der Waals surface area contributed by atoms with Gasteiger partial charge in [0.25, 0.3) is 0 Å². The van der Waals surface area contributed by atoms with Crippen LogP contribution in [0.2, 0.25) is 0 Å². The van der Waals surface area contributed by atoms with Gasteiger partial charge in [-0.1, -0.05) is 13.8 Å². The number of rotatable bonds is 0. The molecule has 4 aliphatic heterocycles. The van der Waals surface area contributed by atoms with Gasteiger partial charge in [-0.2, -0.15) is 0 Å². The summed E-state index contributed by atoms with van der Waals surface area (Å²) in [5.74, 6) is 0.437. The van der Waals surface area contributed by atoms with Gasteiger partial charge in [-0.15, -0.1) is 0 Å². The summed E-state index contributed by atoms with van der Waals surface area (Å²) in [6.07, 6.45) is 2.72. The number of hydrogen-bond acceptors (Lipinski definition) is 5. The Morgan fingerprint density at radius 1 is 1.05 bits per heavy atom. The number of fused-ring (bicyclic) bond motifs is 2. The van der Waals surface area contributed by atoms with Gasteiger partial charge >= 0.3 is 0 Å². The molecule has 0 unspecified atom stereocenters. The Morgan fingerprint density at radius 2 is 1.85 bits per heavy atom. The van der Waals surface area contributed by atoms with Crippen molar-refractivity contribution < 1.29 is 24.4 Å². The molecule has 5 aliphatic rings. The van der Waals surface area contributed by atoms with Gasteiger partial charge in [0, 0.05) is 18.3 Å². The van der Waals surface area contributed by atoms with Crippen LogP contribution < -0.4 is 0 Å². The summed E-state index contributed by atoms with van der Waals surface area (Å²) in [5, 5.41) is 10.2. The Morgan fingerprint density at radius 3 is 2.65 bits per heavy atom. The summed E-state index contributed by atoms with van der Waals surface area (Å²) in [5.41, 5.74) is -0.549. The number of aliphatic hydroxyl groups is 1. The van der Waals surface area contributed by atoms with E-state index >= 15 is 0 Å². The van der Waals surface area contributed by atoms with E-state index in [1.807, 2.05) is 13.8 Å². The molecule has 0 amide bonds. The van der Waals surface area contributed by atoms with Gasteiger partial charge in [0.15, 0.2) is 18.2 Å². The normalized spacial score (nSPS) is 61.8. The molecular weight excluding hydrogens is 260 g/mol. The molecule has 0 radical (unpaired) electrons. The Labute approximate surface area is 119 Å². The van der Waals surface area contributed by atoms with Crippen molar-refractivity contribution in [2.75, 3.05) is 0 Å². The maximum atomic E-state index is 10.2. The van der Waals surface area contributed by atoms with E-state index in [1.54, 1.807) is 0 Å². The molecule has 5 rings (SSSR count). The zero-order chi connectivity index (χ0) is 14.1. The van der Waals surface area contributed by atoms with Gasteiger partial charge in [-0.25, -0.2) is 9.78 Å². The summed E-state index contributed by atoms with van der Waals surface area (Å²) in [6.45, 7) is 6.22. The van der Waals surface area contributed by atoms with Crippen molar-refractivity contribution in [1.82, 2.24) is 0 Å². The predicted molar refractivity (Wildman–Crippen MR) is 69.0 cm³/mol. The molecule has 20 heavy (non-hydrogen) atoms. The van der Waals surface area contributed by atoms with E-state index in [9.17, 15) is 5.11 Å². The number of ether oxygens (including phenoxy) is 2. The Bertz CT molecular complexity index is 411. The van der Waals surface area contributed by atoms with Crippen LogP contribution in [0.3, 0.4) is 0 Å². The summed E-state index contributed by atoms with van der Waals surface area (Å²) in [7, 11) is 0. The van der Waals surface area contributed by atoms with E-state index in [0.717, 1.165) is 19.3 Å². The second kappa shape index (κ2) is 4.17. The van der Waals surface area contributed by atoms with Crippen molar-refractivity contribution >= 4 is 0 Å². The molecule has 1 saturated carbocycles. The van der Waals surface area contributed by atoms with E-state index in [-0.39, 0.29) is 11.8 Å². The molecule has 114 valence electrons. The molecule has 1 aliphatic carbocycles. The first-order valence-electron chi connectivity index (χ1n) is 7.84. The summed E-state index contributed by atoms with van der Waals surface area (Å²) in [6, 6.07) is 0. The molecule has 5 nitrogen and oxygen atoms in total. The average molecular weight is 284 g/mol. The minimum absolute atomic E-state index is 0.0379. The topological polar surface area (TPSA) is 57.2 Å². The van der Waals surface area contributed by atoms with E-state index in [0.29, 0.717) is 11.8 Å². The third-order valence-electron chi connectivity index (χ3n) is 6.12. The van der Waals surface area contributed by atoms with Crippen LogP contribution >= 0.6 is 0 Å². The van der Waals surface area contributed by atoms with Crippen molar-refractivity contribution in [3.05, 3.63) is 0 Å². The van der Waals surface area contributed by atoms with E-state index in [4.69, 9.17) is 19.2 Å². The van der Waals surface area contributed by atoms with Crippen molar-refractivity contribution in [1.29, 1.82) is 0 Å². The highest BCUT2D eigenvalue weighted by Gasteiger charge is 2.69. The van der Waals surface area contributed by atoms with E-state index < -0.39 is 24.0 Å². The molecule has 0 aromatic rings. The quantitative estimate of drug-likeness (QED) is 0.691. The van der Waals surface area contributed by atoms with Crippen molar-refractivity contribution in [2.24, 2.45) is 23.7 Å². The molecule has 0 aromatic carbocycles. The van der Waals surface area contributed by atoms with Gasteiger partial charge in [-0.05, 0) is 38.0 Å². The zero-order valence-electron chi connectivity index (χ0n) is 12.4. The maximum absolute atomic E-state index is 10.2. The Kier molecular flexibility index (Phi) is 2.81. The van der Waals surface area contributed by atoms with Crippen LogP contribution in [0, 0.1) is 23.7 Å². The lowest BCUT2D eigenvalue weighted by molar-refractivity contribution is -0.576. The molecule has 1 N–H and O–H groups in total. The average Bonchev–Trinajstić information content (AvgIpc) is 2.63. The van der Waals surface area contributed by atoms with Crippen LogP contribution in [0.1, 0.15) is 46.5 Å².